The average Bonchev–Trinajstić information content (AvgIpc) is 2.98. The predicted octanol–water partition coefficient (Wildman–Crippen LogP) is 3.55. The lowest BCUT2D eigenvalue weighted by Gasteiger charge is -2.06. The zero-order valence-electron chi connectivity index (χ0n) is 13.9. The fraction of sp³-hybridized carbons (Fsp3) is 0.158. The van der Waals surface area contributed by atoms with Crippen molar-refractivity contribution >= 4 is 28.5 Å². The summed E-state index contributed by atoms with van der Waals surface area (Å²) >= 11 is 0. The first-order valence-corrected chi connectivity index (χ1v) is 7.67. The molecule has 0 aliphatic heterocycles. The van der Waals surface area contributed by atoms with Crippen LogP contribution >= 0.6 is 0 Å². The fourth-order valence-corrected chi connectivity index (χ4v) is 2.46. The van der Waals surface area contributed by atoms with Crippen molar-refractivity contribution in [1.29, 1.82) is 0 Å². The van der Waals surface area contributed by atoms with Crippen molar-refractivity contribution in [1.82, 2.24) is 0 Å². The highest BCUT2D eigenvalue weighted by atomic mass is 16.5. The number of anilines is 1. The summed E-state index contributed by atoms with van der Waals surface area (Å²) in [5.41, 5.74) is 2.04. The molecular formula is C19H17NO5. The molecule has 3 rings (SSSR count). The van der Waals surface area contributed by atoms with E-state index in [0.717, 1.165) is 10.9 Å². The molecule has 0 bridgehead atoms. The second-order valence-corrected chi connectivity index (χ2v) is 5.48. The predicted molar refractivity (Wildman–Crippen MR) is 92.9 cm³/mol. The van der Waals surface area contributed by atoms with Crippen molar-refractivity contribution in [3.8, 4) is 11.5 Å². The molecule has 0 saturated carbocycles. The Kier molecular flexibility index (Phi) is 4.70. The van der Waals surface area contributed by atoms with Gasteiger partial charge in [0.1, 0.15) is 17.1 Å². The molecule has 0 radical (unpaired) electrons. The van der Waals surface area contributed by atoms with E-state index in [4.69, 9.17) is 13.9 Å². The maximum atomic E-state index is 12.2. The lowest BCUT2D eigenvalue weighted by molar-refractivity contribution is -0.133. The topological polar surface area (TPSA) is 77.8 Å². The summed E-state index contributed by atoms with van der Waals surface area (Å²) in [5, 5.41) is 3.50. The number of methoxy groups -OCH3 is 1. The Labute approximate surface area is 144 Å². The van der Waals surface area contributed by atoms with E-state index in [0.29, 0.717) is 22.8 Å². The number of furan rings is 1. The molecule has 0 saturated heterocycles. The fourth-order valence-electron chi connectivity index (χ4n) is 2.46. The van der Waals surface area contributed by atoms with E-state index in [1.807, 2.05) is 12.1 Å². The van der Waals surface area contributed by atoms with Crippen LogP contribution in [0.4, 0.5) is 5.69 Å². The Morgan fingerprint density at radius 2 is 1.80 bits per heavy atom. The normalized spacial score (nSPS) is 10.5. The van der Waals surface area contributed by atoms with Gasteiger partial charge in [0.25, 0.3) is 0 Å². The highest BCUT2D eigenvalue weighted by molar-refractivity contribution is 5.89. The molecule has 3 aromatic rings. The molecular weight excluding hydrogens is 322 g/mol. The molecule has 0 fully saturated rings. The molecule has 0 unspecified atom stereocenters. The number of carbonyl (C=O) groups excluding carboxylic acids is 2. The Morgan fingerprint density at radius 1 is 1.08 bits per heavy atom. The van der Waals surface area contributed by atoms with Crippen molar-refractivity contribution in [2.24, 2.45) is 0 Å². The first-order valence-electron chi connectivity index (χ1n) is 7.67. The third kappa shape index (κ3) is 3.98. The van der Waals surface area contributed by atoms with E-state index in [-0.39, 0.29) is 12.3 Å². The number of rotatable bonds is 5. The Balaban J connectivity index is 1.67. The number of ether oxygens (including phenoxy) is 2. The van der Waals surface area contributed by atoms with Gasteiger partial charge in [0.2, 0.25) is 5.91 Å². The van der Waals surface area contributed by atoms with E-state index in [2.05, 4.69) is 5.32 Å². The molecule has 128 valence electrons. The molecule has 1 amide bonds. The summed E-state index contributed by atoms with van der Waals surface area (Å²) in [5.74, 6) is 0.544. The molecule has 0 spiro atoms. The lowest BCUT2D eigenvalue weighted by Crippen LogP contribution is -2.11. The van der Waals surface area contributed by atoms with Crippen LogP contribution in [-0.4, -0.2) is 19.0 Å². The number of amides is 1. The van der Waals surface area contributed by atoms with Crippen LogP contribution in [0.2, 0.25) is 0 Å². The van der Waals surface area contributed by atoms with Crippen LogP contribution in [0, 0.1) is 0 Å². The minimum atomic E-state index is -0.397. The van der Waals surface area contributed by atoms with E-state index in [9.17, 15) is 9.59 Å². The van der Waals surface area contributed by atoms with Crippen molar-refractivity contribution in [3.63, 3.8) is 0 Å². The maximum absolute atomic E-state index is 12.2. The molecule has 2 aromatic carbocycles. The van der Waals surface area contributed by atoms with E-state index < -0.39 is 5.97 Å². The minimum Gasteiger partial charge on any atom is -0.497 e. The van der Waals surface area contributed by atoms with E-state index in [1.54, 1.807) is 43.7 Å². The smallest absolute Gasteiger partial charge is 0.315 e. The molecule has 6 heteroatoms. The van der Waals surface area contributed by atoms with Crippen LogP contribution in [-0.2, 0) is 16.0 Å². The molecule has 0 aliphatic carbocycles. The van der Waals surface area contributed by atoms with Gasteiger partial charge in [0, 0.05) is 29.6 Å². The number of hydrogen-bond donors (Lipinski definition) is 1. The van der Waals surface area contributed by atoms with Crippen LogP contribution < -0.4 is 14.8 Å². The molecule has 0 atom stereocenters. The van der Waals surface area contributed by atoms with Crippen molar-refractivity contribution in [2.75, 3.05) is 12.4 Å². The minimum absolute atomic E-state index is 0.0901. The molecule has 1 N–H and O–H groups in total. The zero-order chi connectivity index (χ0) is 17.8. The molecule has 25 heavy (non-hydrogen) atoms. The van der Waals surface area contributed by atoms with E-state index in [1.165, 1.54) is 6.92 Å². The number of carbonyl (C=O) groups is 2. The van der Waals surface area contributed by atoms with Crippen molar-refractivity contribution in [3.05, 3.63) is 54.3 Å². The van der Waals surface area contributed by atoms with Crippen LogP contribution in [0.15, 0.2) is 53.1 Å². The average molecular weight is 339 g/mol. The van der Waals surface area contributed by atoms with Crippen molar-refractivity contribution in [2.45, 2.75) is 13.3 Å². The lowest BCUT2D eigenvalue weighted by atomic mass is 10.1. The van der Waals surface area contributed by atoms with Crippen LogP contribution in [0.3, 0.4) is 0 Å². The monoisotopic (exact) mass is 339 g/mol. The summed E-state index contributed by atoms with van der Waals surface area (Å²) in [6, 6.07) is 12.0. The maximum Gasteiger partial charge on any atom is 0.315 e. The zero-order valence-corrected chi connectivity index (χ0v) is 13.9. The quantitative estimate of drug-likeness (QED) is 0.568. The Bertz CT molecular complexity index is 911. The van der Waals surface area contributed by atoms with Gasteiger partial charge in [-0.3, -0.25) is 9.59 Å². The molecule has 1 aromatic heterocycles. The van der Waals surface area contributed by atoms with Crippen molar-refractivity contribution < 1.29 is 23.5 Å². The van der Waals surface area contributed by atoms with Crippen LogP contribution in [0.1, 0.15) is 12.5 Å². The molecule has 6 nitrogen and oxygen atoms in total. The van der Waals surface area contributed by atoms with Gasteiger partial charge >= 0.3 is 5.97 Å². The second kappa shape index (κ2) is 7.09. The van der Waals surface area contributed by atoms with Gasteiger partial charge < -0.3 is 19.2 Å². The standard InChI is InChI=1S/C19H17NO5/c1-12(21)20-14-3-5-15(6-4-14)25-19(22)9-13-11-24-18-10-16(23-2)7-8-17(13)18/h3-8,10-11H,9H2,1-2H3,(H,20,21). The first kappa shape index (κ1) is 16.6. The summed E-state index contributed by atoms with van der Waals surface area (Å²) < 4.78 is 15.9. The molecule has 1 heterocycles. The largest absolute Gasteiger partial charge is 0.497 e. The third-order valence-corrected chi connectivity index (χ3v) is 3.60. The Hall–Kier alpha value is -3.28. The van der Waals surface area contributed by atoms with Gasteiger partial charge in [-0.1, -0.05) is 0 Å². The SMILES string of the molecule is COc1ccc2c(CC(=O)Oc3ccc(NC(C)=O)cc3)coc2c1. The van der Waals surface area contributed by atoms with Gasteiger partial charge in [0.05, 0.1) is 19.8 Å². The number of nitrogens with one attached hydrogen (secondary N) is 1. The number of hydrogen-bond acceptors (Lipinski definition) is 5. The van der Waals surface area contributed by atoms with Gasteiger partial charge in [-0.2, -0.15) is 0 Å². The van der Waals surface area contributed by atoms with Crippen LogP contribution in [0.25, 0.3) is 11.0 Å². The second-order valence-electron chi connectivity index (χ2n) is 5.48. The van der Waals surface area contributed by atoms with E-state index >= 15 is 0 Å². The highest BCUT2D eigenvalue weighted by Crippen LogP contribution is 2.26. The molecule has 0 aliphatic rings. The van der Waals surface area contributed by atoms with Gasteiger partial charge in [-0.25, -0.2) is 0 Å². The summed E-state index contributed by atoms with van der Waals surface area (Å²) in [7, 11) is 1.58. The summed E-state index contributed by atoms with van der Waals surface area (Å²) in [6.45, 7) is 1.43. The number of esters is 1. The Morgan fingerprint density at radius 3 is 2.48 bits per heavy atom. The van der Waals surface area contributed by atoms with Gasteiger partial charge in [-0.15, -0.1) is 0 Å². The number of fused-ring (bicyclic) bond motifs is 1. The summed E-state index contributed by atoms with van der Waals surface area (Å²) in [6.07, 6.45) is 1.64. The number of benzene rings is 2. The third-order valence-electron chi connectivity index (χ3n) is 3.60. The van der Waals surface area contributed by atoms with Gasteiger partial charge in [0.15, 0.2) is 0 Å². The first-order chi connectivity index (χ1) is 12.0. The van der Waals surface area contributed by atoms with Crippen LogP contribution in [0.5, 0.6) is 11.5 Å². The van der Waals surface area contributed by atoms with Gasteiger partial charge in [-0.05, 0) is 36.4 Å². The summed E-state index contributed by atoms with van der Waals surface area (Å²) in [4.78, 5) is 23.1. The highest BCUT2D eigenvalue weighted by Gasteiger charge is 2.13.